The van der Waals surface area contributed by atoms with Gasteiger partial charge in [-0.3, -0.25) is 14.4 Å². The number of carbonyl (C=O) groups is 3. The van der Waals surface area contributed by atoms with E-state index in [2.05, 4.69) is 20.8 Å². The molecule has 2 heterocycles. The number of anilines is 1. The highest BCUT2D eigenvalue weighted by Gasteiger charge is 2.31. The minimum Gasteiger partial charge on any atom is -0.497 e. The summed E-state index contributed by atoms with van der Waals surface area (Å²) >= 11 is 0.938. The van der Waals surface area contributed by atoms with Gasteiger partial charge in [0, 0.05) is 25.3 Å². The van der Waals surface area contributed by atoms with Crippen molar-refractivity contribution in [3.63, 3.8) is 0 Å². The molecule has 0 aliphatic carbocycles. The maximum atomic E-state index is 13.0. The highest BCUT2D eigenvalue weighted by atomic mass is 32.1. The number of aryl methyl sites for hydroxylation is 1. The molecule has 1 fully saturated rings. The molecule has 1 saturated heterocycles. The van der Waals surface area contributed by atoms with Crippen LogP contribution in [0, 0.1) is 12.8 Å². The lowest BCUT2D eigenvalue weighted by molar-refractivity contribution is -0.126. The van der Waals surface area contributed by atoms with Crippen molar-refractivity contribution in [2.45, 2.75) is 26.3 Å². The van der Waals surface area contributed by atoms with Gasteiger partial charge in [0.2, 0.25) is 15.9 Å². The van der Waals surface area contributed by atoms with Crippen molar-refractivity contribution in [3.05, 3.63) is 69.7 Å². The summed E-state index contributed by atoms with van der Waals surface area (Å²) in [6, 6.07) is 14.8. The Bertz CT molecular complexity index is 1210. The zero-order chi connectivity index (χ0) is 24.8. The standard InChI is InChI=1S/C25H27N5O4S/c1-16-6-3-4-7-17(16)14-26-21(31)18-8-5-13-30(15-18)25(33)24-29-28-23(35-24)22(32)27-19-9-11-20(34-2)12-10-19/h3-4,6-7,9-12,18H,5,8,13-15H2,1-2H3,(H,26,31)(H,27,32)/t18-/m0/s1. The first-order chi connectivity index (χ1) is 16.9. The van der Waals surface area contributed by atoms with E-state index in [0.29, 0.717) is 31.1 Å². The number of amides is 3. The van der Waals surface area contributed by atoms with Crippen molar-refractivity contribution >= 4 is 34.7 Å². The smallest absolute Gasteiger partial charge is 0.286 e. The summed E-state index contributed by atoms with van der Waals surface area (Å²) in [6.45, 7) is 3.31. The second-order valence-electron chi connectivity index (χ2n) is 8.33. The van der Waals surface area contributed by atoms with Crippen LogP contribution in [-0.4, -0.2) is 53.0 Å². The van der Waals surface area contributed by atoms with Crippen molar-refractivity contribution in [1.82, 2.24) is 20.4 Å². The molecule has 1 aliphatic heterocycles. The molecule has 182 valence electrons. The van der Waals surface area contributed by atoms with E-state index < -0.39 is 5.91 Å². The van der Waals surface area contributed by atoms with E-state index in [9.17, 15) is 14.4 Å². The number of ether oxygens (including phenoxy) is 1. The highest BCUT2D eigenvalue weighted by Crippen LogP contribution is 2.22. The lowest BCUT2D eigenvalue weighted by Crippen LogP contribution is -2.45. The van der Waals surface area contributed by atoms with Crippen LogP contribution in [0.1, 0.15) is 43.6 Å². The third-order valence-corrected chi connectivity index (χ3v) is 6.85. The first-order valence-corrected chi connectivity index (χ1v) is 12.2. The van der Waals surface area contributed by atoms with Gasteiger partial charge < -0.3 is 20.3 Å². The van der Waals surface area contributed by atoms with Crippen molar-refractivity contribution in [1.29, 1.82) is 0 Å². The average molecular weight is 494 g/mol. The number of hydrogen-bond donors (Lipinski definition) is 2. The Morgan fingerprint density at radius 3 is 2.57 bits per heavy atom. The van der Waals surface area contributed by atoms with E-state index in [1.54, 1.807) is 36.3 Å². The van der Waals surface area contributed by atoms with Crippen LogP contribution >= 0.6 is 11.3 Å². The molecule has 9 nitrogen and oxygen atoms in total. The van der Waals surface area contributed by atoms with E-state index in [1.807, 2.05) is 31.2 Å². The van der Waals surface area contributed by atoms with Gasteiger partial charge in [0.05, 0.1) is 13.0 Å². The highest BCUT2D eigenvalue weighted by molar-refractivity contribution is 7.15. The molecule has 0 saturated carbocycles. The molecular weight excluding hydrogens is 466 g/mol. The third kappa shape index (κ3) is 6.02. The first kappa shape index (κ1) is 24.3. The summed E-state index contributed by atoms with van der Waals surface area (Å²) in [5, 5.41) is 13.8. The number of likely N-dealkylation sites (tertiary alicyclic amines) is 1. The zero-order valence-corrected chi connectivity index (χ0v) is 20.4. The van der Waals surface area contributed by atoms with Crippen molar-refractivity contribution in [2.75, 3.05) is 25.5 Å². The van der Waals surface area contributed by atoms with Crippen LogP contribution in [0.15, 0.2) is 48.5 Å². The molecule has 1 aliphatic rings. The minimum atomic E-state index is -0.446. The Kier molecular flexibility index (Phi) is 7.71. The van der Waals surface area contributed by atoms with Gasteiger partial charge in [0.25, 0.3) is 11.8 Å². The zero-order valence-electron chi connectivity index (χ0n) is 19.6. The number of nitrogens with one attached hydrogen (secondary N) is 2. The van der Waals surface area contributed by atoms with Gasteiger partial charge >= 0.3 is 0 Å². The van der Waals surface area contributed by atoms with E-state index in [4.69, 9.17) is 4.74 Å². The van der Waals surface area contributed by atoms with E-state index in [0.717, 1.165) is 35.3 Å². The fraction of sp³-hybridized carbons (Fsp3) is 0.320. The van der Waals surface area contributed by atoms with Crippen LogP contribution in [0.4, 0.5) is 5.69 Å². The number of nitrogens with zero attached hydrogens (tertiary/aromatic N) is 3. The molecule has 0 bridgehead atoms. The predicted octanol–water partition coefficient (Wildman–Crippen LogP) is 3.28. The molecule has 3 amide bonds. The van der Waals surface area contributed by atoms with Gasteiger partial charge in [-0.2, -0.15) is 0 Å². The van der Waals surface area contributed by atoms with Crippen molar-refractivity contribution < 1.29 is 19.1 Å². The number of aromatic nitrogens is 2. The summed E-state index contributed by atoms with van der Waals surface area (Å²) in [5.41, 5.74) is 2.77. The molecule has 0 unspecified atom stereocenters. The number of piperidine rings is 1. The van der Waals surface area contributed by atoms with Gasteiger partial charge in [-0.1, -0.05) is 35.6 Å². The molecular formula is C25H27N5O4S. The van der Waals surface area contributed by atoms with Crippen molar-refractivity contribution in [2.24, 2.45) is 5.92 Å². The molecule has 10 heteroatoms. The van der Waals surface area contributed by atoms with Crippen LogP contribution in [0.25, 0.3) is 0 Å². The molecule has 1 aromatic heterocycles. The third-order valence-electron chi connectivity index (χ3n) is 5.94. The fourth-order valence-corrected chi connectivity index (χ4v) is 4.61. The van der Waals surface area contributed by atoms with Crippen LogP contribution in [0.3, 0.4) is 0 Å². The maximum absolute atomic E-state index is 13.0. The monoisotopic (exact) mass is 493 g/mol. The molecule has 35 heavy (non-hydrogen) atoms. The Balaban J connectivity index is 1.33. The molecule has 2 aromatic carbocycles. The molecule has 3 aromatic rings. The lowest BCUT2D eigenvalue weighted by atomic mass is 9.97. The van der Waals surface area contributed by atoms with Crippen LogP contribution in [0.5, 0.6) is 5.75 Å². The topological polar surface area (TPSA) is 114 Å². The van der Waals surface area contributed by atoms with Crippen LogP contribution in [0.2, 0.25) is 0 Å². The maximum Gasteiger partial charge on any atom is 0.286 e. The summed E-state index contributed by atoms with van der Waals surface area (Å²) in [6.07, 6.45) is 1.44. The molecule has 1 atom stereocenters. The summed E-state index contributed by atoms with van der Waals surface area (Å²) in [4.78, 5) is 39.9. The molecule has 0 spiro atoms. The number of carbonyl (C=O) groups excluding carboxylic acids is 3. The summed E-state index contributed by atoms with van der Waals surface area (Å²) < 4.78 is 5.11. The van der Waals surface area contributed by atoms with Crippen LogP contribution < -0.4 is 15.4 Å². The van der Waals surface area contributed by atoms with E-state index >= 15 is 0 Å². The Morgan fingerprint density at radius 2 is 1.83 bits per heavy atom. The SMILES string of the molecule is COc1ccc(NC(=O)c2nnc(C(=O)N3CCC[C@H](C(=O)NCc4ccccc4C)C3)s2)cc1. The summed E-state index contributed by atoms with van der Waals surface area (Å²) in [5.74, 6) is -0.443. The largest absolute Gasteiger partial charge is 0.497 e. The molecule has 2 N–H and O–H groups in total. The van der Waals surface area contributed by atoms with Gasteiger partial charge in [-0.25, -0.2) is 0 Å². The average Bonchev–Trinajstić information content (AvgIpc) is 3.39. The molecule has 4 rings (SSSR count). The molecule has 0 radical (unpaired) electrons. The second kappa shape index (κ2) is 11.1. The fourth-order valence-electron chi connectivity index (χ4n) is 3.91. The second-order valence-corrected chi connectivity index (χ2v) is 9.31. The Hall–Kier alpha value is -3.79. The van der Waals surface area contributed by atoms with E-state index in [1.165, 1.54) is 0 Å². The Morgan fingerprint density at radius 1 is 1.09 bits per heavy atom. The van der Waals surface area contributed by atoms with Gasteiger partial charge in [0.15, 0.2) is 0 Å². The summed E-state index contributed by atoms with van der Waals surface area (Å²) in [7, 11) is 1.57. The number of benzene rings is 2. The van der Waals surface area contributed by atoms with Crippen molar-refractivity contribution in [3.8, 4) is 5.75 Å². The Labute approximate surface area is 207 Å². The predicted molar refractivity (Wildman–Crippen MR) is 133 cm³/mol. The lowest BCUT2D eigenvalue weighted by Gasteiger charge is -2.31. The van der Waals surface area contributed by atoms with Gasteiger partial charge in [-0.15, -0.1) is 10.2 Å². The quantitative estimate of drug-likeness (QED) is 0.522. The number of hydrogen-bond acceptors (Lipinski definition) is 7. The number of rotatable bonds is 7. The number of methoxy groups -OCH3 is 1. The van der Waals surface area contributed by atoms with E-state index in [-0.39, 0.29) is 27.7 Å². The normalized spacial score (nSPS) is 15.4. The van der Waals surface area contributed by atoms with Crippen LogP contribution in [-0.2, 0) is 11.3 Å². The van der Waals surface area contributed by atoms with Gasteiger partial charge in [0.1, 0.15) is 5.75 Å². The minimum absolute atomic E-state index is 0.0671. The first-order valence-electron chi connectivity index (χ1n) is 11.3. The van der Waals surface area contributed by atoms with Gasteiger partial charge in [-0.05, 0) is 55.2 Å².